The molecule has 0 spiro atoms. The summed E-state index contributed by atoms with van der Waals surface area (Å²) in [6.45, 7) is 3.35. The molecule has 0 unspecified atom stereocenters. The van der Waals surface area contributed by atoms with Gasteiger partial charge in [-0.2, -0.15) is 0 Å². The van der Waals surface area contributed by atoms with Gasteiger partial charge in [0.1, 0.15) is 16.9 Å². The summed E-state index contributed by atoms with van der Waals surface area (Å²) in [5.74, 6) is 0.715. The number of furan rings is 1. The topological polar surface area (TPSA) is 88.9 Å². The zero-order valence-electron chi connectivity index (χ0n) is 16.5. The fourth-order valence-corrected chi connectivity index (χ4v) is 4.48. The van der Waals surface area contributed by atoms with Gasteiger partial charge in [0.15, 0.2) is 15.5 Å². The molecular formula is C23H19N3O3S. The first-order chi connectivity index (χ1) is 14.4. The molecule has 5 aromatic rings. The fourth-order valence-electron chi connectivity index (χ4n) is 3.42. The number of rotatable bonds is 4. The second-order valence-corrected chi connectivity index (χ2v) is 9.93. The van der Waals surface area contributed by atoms with E-state index in [0.29, 0.717) is 27.5 Å². The molecule has 3 aromatic heterocycles. The van der Waals surface area contributed by atoms with Crippen molar-refractivity contribution in [3.05, 3.63) is 67.0 Å². The lowest BCUT2D eigenvalue weighted by atomic mass is 10.1. The summed E-state index contributed by atoms with van der Waals surface area (Å²) in [5.41, 5.74) is 4.46. The first-order valence-electron chi connectivity index (χ1n) is 9.61. The molecule has 30 heavy (non-hydrogen) atoms. The Balaban J connectivity index is 1.58. The van der Waals surface area contributed by atoms with Crippen LogP contribution < -0.4 is 0 Å². The van der Waals surface area contributed by atoms with Crippen molar-refractivity contribution < 1.29 is 12.8 Å². The average molecular weight is 417 g/mol. The number of aromatic amines is 1. The van der Waals surface area contributed by atoms with Gasteiger partial charge in [-0.15, -0.1) is 0 Å². The van der Waals surface area contributed by atoms with Gasteiger partial charge in [0, 0.05) is 17.1 Å². The van der Waals surface area contributed by atoms with E-state index < -0.39 is 15.1 Å². The van der Waals surface area contributed by atoms with Gasteiger partial charge in [0.05, 0.1) is 27.6 Å². The third-order valence-corrected chi connectivity index (χ3v) is 7.34. The van der Waals surface area contributed by atoms with Crippen LogP contribution in [0.1, 0.15) is 13.8 Å². The molecule has 1 N–H and O–H groups in total. The number of H-pyrrole nitrogens is 1. The van der Waals surface area contributed by atoms with Crippen molar-refractivity contribution in [3.8, 4) is 22.6 Å². The highest BCUT2D eigenvalue weighted by Gasteiger charge is 2.19. The number of hydrogen-bond acceptors (Lipinski definition) is 5. The predicted molar refractivity (Wildman–Crippen MR) is 117 cm³/mol. The molecule has 0 saturated heterocycles. The first-order valence-corrected chi connectivity index (χ1v) is 11.2. The van der Waals surface area contributed by atoms with E-state index in [0.717, 1.165) is 22.1 Å². The Morgan fingerprint density at radius 1 is 1.03 bits per heavy atom. The predicted octanol–water partition coefficient (Wildman–Crippen LogP) is 5.22. The normalized spacial score (nSPS) is 12.2. The number of benzene rings is 2. The largest absolute Gasteiger partial charge is 0.456 e. The van der Waals surface area contributed by atoms with Crippen molar-refractivity contribution in [2.45, 2.75) is 24.0 Å². The van der Waals surface area contributed by atoms with E-state index in [-0.39, 0.29) is 0 Å². The van der Waals surface area contributed by atoms with Gasteiger partial charge in [0.25, 0.3) is 0 Å². The van der Waals surface area contributed by atoms with Gasteiger partial charge < -0.3 is 9.40 Å². The molecule has 0 atom stereocenters. The van der Waals surface area contributed by atoms with Crippen LogP contribution in [0.15, 0.2) is 76.3 Å². The molecule has 0 bridgehead atoms. The highest BCUT2D eigenvalue weighted by atomic mass is 32.2. The number of nitrogens with one attached hydrogen (secondary N) is 1. The van der Waals surface area contributed by atoms with Crippen molar-refractivity contribution in [1.82, 2.24) is 15.0 Å². The second-order valence-electron chi connectivity index (χ2n) is 7.42. The van der Waals surface area contributed by atoms with Crippen molar-refractivity contribution in [2.75, 3.05) is 0 Å². The lowest BCUT2D eigenvalue weighted by Gasteiger charge is -2.08. The number of nitrogens with zero attached hydrogens (tertiary/aromatic N) is 2. The van der Waals surface area contributed by atoms with Crippen LogP contribution in [0.2, 0.25) is 0 Å². The Kier molecular flexibility index (Phi) is 4.22. The maximum Gasteiger partial charge on any atom is 0.180 e. The minimum Gasteiger partial charge on any atom is -0.456 e. The van der Waals surface area contributed by atoms with Crippen LogP contribution in [-0.4, -0.2) is 28.6 Å². The summed E-state index contributed by atoms with van der Waals surface area (Å²) in [6, 6.07) is 16.6. The number of hydrogen-bond donors (Lipinski definition) is 1. The van der Waals surface area contributed by atoms with Gasteiger partial charge >= 0.3 is 0 Å². The third-order valence-electron chi connectivity index (χ3n) is 5.17. The first kappa shape index (κ1) is 18.6. The summed E-state index contributed by atoms with van der Waals surface area (Å²) < 4.78 is 30.7. The van der Waals surface area contributed by atoms with Crippen molar-refractivity contribution in [3.63, 3.8) is 0 Å². The maximum atomic E-state index is 12.4. The number of sulfone groups is 1. The molecule has 6 nitrogen and oxygen atoms in total. The molecule has 0 aliphatic rings. The molecular weight excluding hydrogens is 398 g/mol. The third kappa shape index (κ3) is 2.98. The Labute approximate surface area is 173 Å². The van der Waals surface area contributed by atoms with Crippen molar-refractivity contribution in [2.24, 2.45) is 0 Å². The van der Waals surface area contributed by atoms with E-state index in [4.69, 9.17) is 9.40 Å². The van der Waals surface area contributed by atoms with Crippen molar-refractivity contribution >= 4 is 32.0 Å². The van der Waals surface area contributed by atoms with E-state index in [9.17, 15) is 8.42 Å². The molecule has 0 saturated carbocycles. The minimum absolute atomic E-state index is 0.305. The average Bonchev–Trinajstić information content (AvgIpc) is 3.37. The molecule has 150 valence electrons. The summed E-state index contributed by atoms with van der Waals surface area (Å²) in [7, 11) is -3.31. The fraction of sp³-hybridized carbons (Fsp3) is 0.130. The highest BCUT2D eigenvalue weighted by molar-refractivity contribution is 7.92. The van der Waals surface area contributed by atoms with Crippen LogP contribution in [0.25, 0.3) is 44.7 Å². The van der Waals surface area contributed by atoms with Crippen LogP contribution in [0.4, 0.5) is 0 Å². The van der Waals surface area contributed by atoms with Gasteiger partial charge in [-0.1, -0.05) is 30.3 Å². The van der Waals surface area contributed by atoms with Gasteiger partial charge in [-0.05, 0) is 38.1 Å². The SMILES string of the molecule is CC(C)S(=O)(=O)c1ccc(-c2cnc3[nH]cc(-c4cc5ccccc5o4)c3n2)cc1. The molecule has 0 fully saturated rings. The van der Waals surface area contributed by atoms with Crippen LogP contribution in [0.5, 0.6) is 0 Å². The standard InChI is InChI=1S/C23H19N3O3S/c1-14(2)30(27,28)17-9-7-15(8-10-17)19-13-25-23-22(26-19)18(12-24-23)21-11-16-5-3-4-6-20(16)29-21/h3-14H,1-2H3,(H,24,25). The van der Waals surface area contributed by atoms with Crippen LogP contribution in [0, 0.1) is 0 Å². The molecule has 7 heteroatoms. The van der Waals surface area contributed by atoms with Gasteiger partial charge in [-0.3, -0.25) is 0 Å². The zero-order chi connectivity index (χ0) is 20.9. The zero-order valence-corrected chi connectivity index (χ0v) is 17.3. The summed E-state index contributed by atoms with van der Waals surface area (Å²) in [6.07, 6.45) is 3.51. The van der Waals surface area contributed by atoms with Crippen LogP contribution in [-0.2, 0) is 9.84 Å². The van der Waals surface area contributed by atoms with Crippen LogP contribution >= 0.6 is 0 Å². The molecule has 5 rings (SSSR count). The Bertz CT molecular complexity index is 1450. The number of para-hydroxylation sites is 1. The Hall–Kier alpha value is -3.45. The molecule has 0 amide bonds. The molecule has 3 heterocycles. The molecule has 0 radical (unpaired) electrons. The monoisotopic (exact) mass is 417 g/mol. The number of aromatic nitrogens is 3. The summed E-state index contributed by atoms with van der Waals surface area (Å²) in [5, 5.41) is 0.554. The Morgan fingerprint density at radius 2 is 1.80 bits per heavy atom. The molecule has 2 aromatic carbocycles. The van der Waals surface area contributed by atoms with Crippen LogP contribution in [0.3, 0.4) is 0 Å². The van der Waals surface area contributed by atoms with E-state index in [1.54, 1.807) is 44.3 Å². The van der Waals surface area contributed by atoms with Gasteiger partial charge in [-0.25, -0.2) is 18.4 Å². The van der Waals surface area contributed by atoms with E-state index >= 15 is 0 Å². The Morgan fingerprint density at radius 3 is 2.53 bits per heavy atom. The van der Waals surface area contributed by atoms with E-state index in [2.05, 4.69) is 9.97 Å². The second kappa shape index (κ2) is 6.81. The summed E-state index contributed by atoms with van der Waals surface area (Å²) >= 11 is 0. The maximum absolute atomic E-state index is 12.4. The molecule has 0 aliphatic carbocycles. The quantitative estimate of drug-likeness (QED) is 0.433. The van der Waals surface area contributed by atoms with Gasteiger partial charge in [0.2, 0.25) is 0 Å². The lowest BCUT2D eigenvalue weighted by Crippen LogP contribution is -2.13. The summed E-state index contributed by atoms with van der Waals surface area (Å²) in [4.78, 5) is 12.7. The van der Waals surface area contributed by atoms with E-state index in [1.165, 1.54) is 0 Å². The van der Waals surface area contributed by atoms with Crippen molar-refractivity contribution in [1.29, 1.82) is 0 Å². The minimum atomic E-state index is -3.31. The molecule has 0 aliphatic heterocycles. The highest BCUT2D eigenvalue weighted by Crippen LogP contribution is 2.32. The lowest BCUT2D eigenvalue weighted by molar-refractivity contribution is 0.587. The van der Waals surface area contributed by atoms with E-state index in [1.807, 2.05) is 36.5 Å². The smallest absolute Gasteiger partial charge is 0.180 e. The number of fused-ring (bicyclic) bond motifs is 2.